The summed E-state index contributed by atoms with van der Waals surface area (Å²) in [5.74, 6) is -4.96. The Morgan fingerprint density at radius 1 is 0.343 bits per heavy atom. The number of ketones is 4. The zero-order valence-electron chi connectivity index (χ0n) is 61.0. The van der Waals surface area contributed by atoms with Gasteiger partial charge in [-0.05, 0) is 32.7 Å². The highest BCUT2D eigenvalue weighted by atomic mass is 16.7. The van der Waals surface area contributed by atoms with Gasteiger partial charge < -0.3 is 64.4 Å². The number of hydrogen-bond acceptors (Lipinski definition) is 28. The van der Waals surface area contributed by atoms with E-state index >= 15 is 0 Å². The number of imide groups is 5. The first-order valence-electron chi connectivity index (χ1n) is 34.8. The van der Waals surface area contributed by atoms with Gasteiger partial charge in [0.1, 0.15) is 23.1 Å². The summed E-state index contributed by atoms with van der Waals surface area (Å²) in [6.45, 7) is 7.97. The molecule has 0 spiro atoms. The normalized spacial score (nSPS) is 15.0. The summed E-state index contributed by atoms with van der Waals surface area (Å²) < 4.78 is 42.2. The zero-order chi connectivity index (χ0) is 78.2. The molecule has 0 aromatic heterocycles. The van der Waals surface area contributed by atoms with E-state index in [0.29, 0.717) is 155 Å². The van der Waals surface area contributed by atoms with Crippen LogP contribution >= 0.6 is 0 Å². The van der Waals surface area contributed by atoms with E-state index in [1.807, 2.05) is 0 Å². The van der Waals surface area contributed by atoms with Crippen molar-refractivity contribution in [1.82, 2.24) is 40.6 Å². The Balaban J connectivity index is 0.000000697. The van der Waals surface area contributed by atoms with Gasteiger partial charge in [0.2, 0.25) is 29.5 Å². The number of rotatable bonds is 53. The van der Waals surface area contributed by atoms with Crippen molar-refractivity contribution < 1.29 is 129 Å². The summed E-state index contributed by atoms with van der Waals surface area (Å²) >= 11 is 0. The van der Waals surface area contributed by atoms with Crippen LogP contribution in [-0.4, -0.2) is 291 Å². The van der Waals surface area contributed by atoms with E-state index in [1.165, 1.54) is 48.4 Å². The highest BCUT2D eigenvalue weighted by molar-refractivity contribution is 6.14. The topological polar surface area (TPSA) is 469 Å². The van der Waals surface area contributed by atoms with E-state index in [1.54, 1.807) is 28.1 Å². The number of Topliss-reactive ketones (excluding diaryl/α,β-unsaturated/α-hetero) is 4. The monoisotopic (exact) mass is 1490 g/mol. The molecule has 5 aliphatic heterocycles. The molecule has 0 aromatic rings. The molecular formula is C69H105N9O27. The summed E-state index contributed by atoms with van der Waals surface area (Å²) in [5, 5.41) is 8.00. The molecule has 5 N–H and O–H groups in total. The summed E-state index contributed by atoms with van der Waals surface area (Å²) in [5.41, 5.74) is 4.50. The lowest BCUT2D eigenvalue weighted by molar-refractivity contribution is -0.198. The van der Waals surface area contributed by atoms with Crippen LogP contribution in [0.3, 0.4) is 0 Å². The summed E-state index contributed by atoms with van der Waals surface area (Å²) in [6.07, 6.45) is 12.6. The molecule has 36 heteroatoms. The summed E-state index contributed by atoms with van der Waals surface area (Å²) in [6, 6.07) is 0. The van der Waals surface area contributed by atoms with Crippen LogP contribution < -0.4 is 21.7 Å². The second-order valence-electron chi connectivity index (χ2n) is 23.0. The van der Waals surface area contributed by atoms with Crippen LogP contribution in [0.15, 0.2) is 36.5 Å². The van der Waals surface area contributed by atoms with Gasteiger partial charge in [0.25, 0.3) is 47.3 Å². The number of carbonyl (C=O) groups excluding carboxylic acids is 18. The van der Waals surface area contributed by atoms with Gasteiger partial charge in [-0.25, -0.2) is 4.79 Å². The second kappa shape index (κ2) is 58.4. The Hall–Kier alpha value is -8.88. The molecule has 0 saturated carbocycles. The molecule has 1 atom stereocenters. The van der Waals surface area contributed by atoms with Crippen LogP contribution in [0, 0.1) is 5.92 Å². The third-order valence-electron chi connectivity index (χ3n) is 15.0. The molecule has 13 amide bonds. The fourth-order valence-corrected chi connectivity index (χ4v) is 9.09. The van der Waals surface area contributed by atoms with Gasteiger partial charge in [0.05, 0.1) is 85.7 Å². The maximum Gasteiger partial charge on any atom is 0.335 e. The number of nitrogens with two attached hydrogens (primary N) is 1. The lowest BCUT2D eigenvalue weighted by Gasteiger charge is -2.13. The number of amides is 13. The molecule has 5 heterocycles. The number of ether oxygens (including phenoxy) is 8. The van der Waals surface area contributed by atoms with Gasteiger partial charge in [0.15, 0.2) is 0 Å². The predicted molar refractivity (Wildman–Crippen MR) is 368 cm³/mol. The number of carbonyl (C=O) groups is 18. The lowest BCUT2D eigenvalue weighted by atomic mass is 10.1. The van der Waals surface area contributed by atoms with E-state index in [0.717, 1.165) is 14.7 Å². The third kappa shape index (κ3) is 43.9. The van der Waals surface area contributed by atoms with Crippen molar-refractivity contribution in [3.05, 3.63) is 36.5 Å². The molecule has 105 heavy (non-hydrogen) atoms. The minimum Gasteiger partial charge on any atom is -0.379 e. The van der Waals surface area contributed by atoms with Crippen LogP contribution in [0.5, 0.6) is 0 Å². The van der Waals surface area contributed by atoms with Gasteiger partial charge in [-0.2, -0.15) is 0 Å². The van der Waals surface area contributed by atoms with Crippen LogP contribution in [0.1, 0.15) is 129 Å². The average molecular weight is 1490 g/mol. The number of likely N-dealkylation sites (tertiary alicyclic amines) is 1. The van der Waals surface area contributed by atoms with Crippen LogP contribution in [0.2, 0.25) is 0 Å². The molecule has 0 radical (unpaired) electrons. The van der Waals surface area contributed by atoms with Crippen molar-refractivity contribution in [2.24, 2.45) is 11.7 Å². The molecule has 36 nitrogen and oxygen atoms in total. The van der Waals surface area contributed by atoms with Crippen LogP contribution in [-0.2, 0) is 129 Å². The van der Waals surface area contributed by atoms with Crippen LogP contribution in [0.25, 0.3) is 0 Å². The van der Waals surface area contributed by atoms with E-state index in [4.69, 9.17) is 42.7 Å². The van der Waals surface area contributed by atoms with Gasteiger partial charge in [-0.3, -0.25) is 101 Å². The Bertz CT molecular complexity index is 2800. The van der Waals surface area contributed by atoms with E-state index in [9.17, 15) is 86.3 Å². The molecule has 2 fully saturated rings. The average Bonchev–Trinajstić information content (AvgIpc) is 1.74. The molecule has 2 saturated heterocycles. The second-order valence-corrected chi connectivity index (χ2v) is 23.0. The quantitative estimate of drug-likeness (QED) is 0.0427. The Morgan fingerprint density at radius 2 is 0.590 bits per heavy atom. The number of nitrogens with zero attached hydrogens (tertiary/aromatic N) is 5. The van der Waals surface area contributed by atoms with Crippen molar-refractivity contribution in [2.75, 3.05) is 160 Å². The fraction of sp³-hybridized carbons (Fsp3) is 0.652. The first-order valence-corrected chi connectivity index (χ1v) is 34.8. The van der Waals surface area contributed by atoms with Crippen LogP contribution in [0.4, 0.5) is 0 Å². The number of nitrogens with one attached hydrogen (secondary N) is 3. The molecule has 0 aromatic carbocycles. The maximum absolute atomic E-state index is 11.8. The molecular weight excluding hydrogens is 1390 g/mol. The van der Waals surface area contributed by atoms with Gasteiger partial charge >= 0.3 is 5.97 Å². The van der Waals surface area contributed by atoms with Gasteiger partial charge in [-0.1, -0.05) is 6.92 Å². The SMILES string of the molecule is CN.CNC(=O)CCOCCOCCCC(=O)CCN1C(=O)C=CC1=O.CNC(=O)CCOCCOCCCC(=O)CCN1C(=O)C=CC1=O.CNC(=O)CCOCCOCCCC(=O)CCN1C(=O)CC(C)C1=O.O=C(CCCOCCOCCC(=O)ON1C(=O)CCC1=O)CCN1C(=O)C=CC1=O. The van der Waals surface area contributed by atoms with Crippen molar-refractivity contribution >= 4 is 106 Å². The van der Waals surface area contributed by atoms with Gasteiger partial charge in [-0.15, -0.1) is 5.06 Å². The minimum absolute atomic E-state index is 0.00655. The van der Waals surface area contributed by atoms with E-state index < -0.39 is 29.6 Å². The fourth-order valence-electron chi connectivity index (χ4n) is 9.09. The molecule has 1 unspecified atom stereocenters. The Morgan fingerprint density at radius 3 is 0.838 bits per heavy atom. The third-order valence-corrected chi connectivity index (χ3v) is 15.0. The molecule has 0 aliphatic carbocycles. The summed E-state index contributed by atoms with van der Waals surface area (Å²) in [4.78, 5) is 214. The Kier molecular flexibility index (Phi) is 52.4. The maximum atomic E-state index is 11.8. The predicted octanol–water partition coefficient (Wildman–Crippen LogP) is -0.814. The summed E-state index contributed by atoms with van der Waals surface area (Å²) in [7, 11) is 6.23. The minimum atomic E-state index is -0.730. The van der Waals surface area contributed by atoms with E-state index in [-0.39, 0.29) is 186 Å². The smallest absolute Gasteiger partial charge is 0.335 e. The van der Waals surface area contributed by atoms with Crippen molar-refractivity contribution in [2.45, 2.75) is 129 Å². The van der Waals surface area contributed by atoms with Crippen molar-refractivity contribution in [3.63, 3.8) is 0 Å². The number of hydrogen-bond donors (Lipinski definition) is 4. The standard InChI is InChI=1S/C19H24N2O9.C17H28N2O6.2C16H24N2O6.CH5N/c22-14(7-9-20-15(23)3-4-16(20)24)2-1-10-28-12-13-29-11-8-19(27)30-21-17(25)5-6-18(21)26;1-13-12-16(22)19(17(13)23)7-5-14(20)4-3-8-24-10-11-25-9-6-15(21)18-2;2*1-17-14(20)7-10-24-12-11-23-9-2-3-13(19)6-8-18-15(21)4-5-16(18)22;1-2/h3-4H,1-2,5-13H2;13H,3-12H2,1-2H3,(H,18,21);2*4-5H,2-3,6-12H2,1H3,(H,17,20);2H2,1H3. The first-order chi connectivity index (χ1) is 50.4. The Labute approximate surface area is 610 Å². The number of hydroxylamine groups is 2. The van der Waals surface area contributed by atoms with Crippen molar-refractivity contribution in [3.8, 4) is 0 Å². The zero-order valence-corrected chi connectivity index (χ0v) is 61.0. The van der Waals surface area contributed by atoms with Gasteiger partial charge in [0, 0.05) is 206 Å². The van der Waals surface area contributed by atoms with E-state index in [2.05, 4.69) is 21.7 Å². The molecule has 5 aliphatic rings. The highest BCUT2D eigenvalue weighted by Gasteiger charge is 2.36. The lowest BCUT2D eigenvalue weighted by Crippen LogP contribution is -2.32. The molecule has 0 bridgehead atoms. The molecule has 588 valence electrons. The largest absolute Gasteiger partial charge is 0.379 e. The molecule has 5 rings (SSSR count). The van der Waals surface area contributed by atoms with Crippen molar-refractivity contribution in [1.29, 1.82) is 0 Å². The highest BCUT2D eigenvalue weighted by Crippen LogP contribution is 2.19. The first kappa shape index (κ1) is 94.1.